The topological polar surface area (TPSA) is 55.1 Å². The Morgan fingerprint density at radius 2 is 1.87 bits per heavy atom. The van der Waals surface area contributed by atoms with Crippen LogP contribution in [0.2, 0.25) is 5.02 Å². The first kappa shape index (κ1) is 21.8. The summed E-state index contributed by atoms with van der Waals surface area (Å²) in [5.41, 5.74) is 3.26. The lowest BCUT2D eigenvalue weighted by atomic mass is 9.91. The highest BCUT2D eigenvalue weighted by Gasteiger charge is 2.26. The average Bonchev–Trinajstić information content (AvgIpc) is 3.14. The van der Waals surface area contributed by atoms with E-state index in [0.29, 0.717) is 23.6 Å². The second-order valence-electron chi connectivity index (χ2n) is 7.45. The van der Waals surface area contributed by atoms with Crippen molar-refractivity contribution in [3.63, 3.8) is 0 Å². The van der Waals surface area contributed by atoms with Gasteiger partial charge in [-0.15, -0.1) is 0 Å². The van der Waals surface area contributed by atoms with Gasteiger partial charge in [0.2, 0.25) is 0 Å². The van der Waals surface area contributed by atoms with Crippen LogP contribution < -0.4 is 0 Å². The van der Waals surface area contributed by atoms with E-state index in [-0.39, 0.29) is 0 Å². The summed E-state index contributed by atoms with van der Waals surface area (Å²) in [4.78, 5) is 16.7. The molecule has 0 spiro atoms. The Morgan fingerprint density at radius 1 is 1.17 bits per heavy atom. The van der Waals surface area contributed by atoms with Gasteiger partial charge < -0.3 is 9.67 Å². The van der Waals surface area contributed by atoms with Crippen LogP contribution in [0.5, 0.6) is 0 Å². The smallest absolute Gasteiger partial charge is 0.311 e. The van der Waals surface area contributed by atoms with E-state index >= 15 is 0 Å². The molecule has 0 aliphatic carbocycles. The van der Waals surface area contributed by atoms with Crippen LogP contribution in [0.3, 0.4) is 0 Å². The van der Waals surface area contributed by atoms with Crippen molar-refractivity contribution in [1.82, 2.24) is 9.55 Å². The minimum absolute atomic E-state index is 0.385. The Kier molecular flexibility index (Phi) is 7.47. The van der Waals surface area contributed by atoms with Crippen molar-refractivity contribution in [2.45, 2.75) is 39.2 Å². The Morgan fingerprint density at radius 3 is 2.53 bits per heavy atom. The van der Waals surface area contributed by atoms with E-state index in [2.05, 4.69) is 23.1 Å². The third kappa shape index (κ3) is 5.19. The number of hydrogen-bond acceptors (Lipinski definition) is 2. The number of carboxylic acid groups (broad SMARTS) is 1. The number of halogens is 1. The lowest BCUT2D eigenvalue weighted by Gasteiger charge is -2.19. The van der Waals surface area contributed by atoms with Crippen molar-refractivity contribution < 1.29 is 9.90 Å². The summed E-state index contributed by atoms with van der Waals surface area (Å²) in [6, 6.07) is 17.3. The standard InChI is InChI=1S/C25H27ClN2O2/c1-3-4-14-24-27-16-23(28(24)17-20-12-8-9-13-22(20)26)18(2)21(25(29)30)15-19-10-6-5-7-11-19/h5-13,16,21H,2-4,14-15,17H2,1H3,(H,29,30). The molecule has 2 aromatic carbocycles. The van der Waals surface area contributed by atoms with E-state index in [9.17, 15) is 9.90 Å². The Hall–Kier alpha value is -2.85. The summed E-state index contributed by atoms with van der Waals surface area (Å²) < 4.78 is 2.07. The molecule has 1 N–H and O–H groups in total. The average molecular weight is 423 g/mol. The third-order valence-electron chi connectivity index (χ3n) is 5.31. The first-order chi connectivity index (χ1) is 14.5. The fourth-order valence-corrected chi connectivity index (χ4v) is 3.76. The number of aromatic nitrogens is 2. The van der Waals surface area contributed by atoms with Gasteiger partial charge in [0.1, 0.15) is 5.82 Å². The van der Waals surface area contributed by atoms with Gasteiger partial charge in [-0.3, -0.25) is 4.79 Å². The number of imidazole rings is 1. The quantitative estimate of drug-likeness (QED) is 0.443. The molecule has 5 heteroatoms. The Balaban J connectivity index is 1.96. The zero-order chi connectivity index (χ0) is 21.5. The van der Waals surface area contributed by atoms with E-state index in [0.717, 1.165) is 41.9 Å². The number of carboxylic acids is 1. The number of carbonyl (C=O) groups is 1. The van der Waals surface area contributed by atoms with Crippen LogP contribution in [0, 0.1) is 5.92 Å². The van der Waals surface area contributed by atoms with Crippen molar-refractivity contribution in [1.29, 1.82) is 0 Å². The van der Waals surface area contributed by atoms with Gasteiger partial charge in [-0.25, -0.2) is 4.98 Å². The number of nitrogens with zero attached hydrogens (tertiary/aromatic N) is 2. The molecule has 0 saturated carbocycles. The molecule has 0 amide bonds. The maximum Gasteiger partial charge on any atom is 0.311 e. The number of benzene rings is 2. The van der Waals surface area contributed by atoms with Crippen LogP contribution in [0.1, 0.15) is 42.4 Å². The van der Waals surface area contributed by atoms with Crippen LogP contribution in [-0.2, 0) is 24.2 Å². The molecule has 156 valence electrons. The number of rotatable bonds is 10. The van der Waals surface area contributed by atoms with Crippen molar-refractivity contribution in [3.05, 3.63) is 95.0 Å². The normalized spacial score (nSPS) is 11.9. The first-order valence-electron chi connectivity index (χ1n) is 10.2. The monoisotopic (exact) mass is 422 g/mol. The summed E-state index contributed by atoms with van der Waals surface area (Å²) in [6.45, 7) is 6.86. The minimum Gasteiger partial charge on any atom is -0.481 e. The molecular formula is C25H27ClN2O2. The van der Waals surface area contributed by atoms with Crippen molar-refractivity contribution in [2.75, 3.05) is 0 Å². The third-order valence-corrected chi connectivity index (χ3v) is 5.68. The van der Waals surface area contributed by atoms with E-state index in [4.69, 9.17) is 11.6 Å². The van der Waals surface area contributed by atoms with Crippen molar-refractivity contribution in [3.8, 4) is 0 Å². The zero-order valence-electron chi connectivity index (χ0n) is 17.2. The van der Waals surface area contributed by atoms with E-state index in [1.165, 1.54) is 0 Å². The van der Waals surface area contributed by atoms with Crippen LogP contribution in [-0.4, -0.2) is 20.6 Å². The van der Waals surface area contributed by atoms with Gasteiger partial charge >= 0.3 is 5.97 Å². The molecule has 3 aromatic rings. The second kappa shape index (κ2) is 10.3. The Labute approximate surface area is 182 Å². The second-order valence-corrected chi connectivity index (χ2v) is 7.85. The van der Waals surface area contributed by atoms with Crippen molar-refractivity contribution in [2.24, 2.45) is 5.92 Å². The largest absolute Gasteiger partial charge is 0.481 e. The number of aryl methyl sites for hydroxylation is 1. The molecule has 0 fully saturated rings. The molecule has 0 radical (unpaired) electrons. The highest BCUT2D eigenvalue weighted by Crippen LogP contribution is 2.28. The summed E-state index contributed by atoms with van der Waals surface area (Å²) in [5, 5.41) is 10.6. The SMILES string of the molecule is C=C(c1cnc(CCCC)n1Cc1ccccc1Cl)C(Cc1ccccc1)C(=O)O. The van der Waals surface area contributed by atoms with Crippen LogP contribution >= 0.6 is 11.6 Å². The highest BCUT2D eigenvalue weighted by atomic mass is 35.5. The van der Waals surface area contributed by atoms with Gasteiger partial charge in [0.15, 0.2) is 0 Å². The summed E-state index contributed by atoms with van der Waals surface area (Å²) in [6.07, 6.45) is 5.03. The van der Waals surface area contributed by atoms with Gasteiger partial charge in [-0.2, -0.15) is 0 Å². The van der Waals surface area contributed by atoms with Gasteiger partial charge in [0, 0.05) is 11.4 Å². The molecule has 1 atom stereocenters. The lowest BCUT2D eigenvalue weighted by molar-refractivity contribution is -0.139. The first-order valence-corrected chi connectivity index (χ1v) is 10.6. The lowest BCUT2D eigenvalue weighted by Crippen LogP contribution is -2.20. The maximum absolute atomic E-state index is 12.1. The molecule has 1 unspecified atom stereocenters. The van der Waals surface area contributed by atoms with Gasteiger partial charge in [-0.1, -0.05) is 80.1 Å². The molecule has 3 rings (SSSR count). The van der Waals surface area contributed by atoms with Crippen LogP contribution in [0.15, 0.2) is 67.4 Å². The minimum atomic E-state index is -0.885. The van der Waals surface area contributed by atoms with Gasteiger partial charge in [0.05, 0.1) is 24.4 Å². The number of unbranched alkanes of at least 4 members (excludes halogenated alkanes) is 1. The van der Waals surface area contributed by atoms with E-state index in [1.807, 2.05) is 54.6 Å². The fraction of sp³-hybridized carbons (Fsp3) is 0.280. The molecule has 0 aliphatic heterocycles. The molecule has 4 nitrogen and oxygen atoms in total. The van der Waals surface area contributed by atoms with Gasteiger partial charge in [-0.05, 0) is 35.6 Å². The maximum atomic E-state index is 12.1. The van der Waals surface area contributed by atoms with E-state index < -0.39 is 11.9 Å². The number of aliphatic carboxylic acids is 1. The highest BCUT2D eigenvalue weighted by molar-refractivity contribution is 6.31. The molecule has 1 heterocycles. The number of hydrogen-bond donors (Lipinski definition) is 1. The molecule has 0 bridgehead atoms. The predicted molar refractivity (Wildman–Crippen MR) is 122 cm³/mol. The van der Waals surface area contributed by atoms with Crippen molar-refractivity contribution >= 4 is 23.1 Å². The summed E-state index contributed by atoms with van der Waals surface area (Å²) in [5.74, 6) is -0.686. The predicted octanol–water partition coefficient (Wildman–Crippen LogP) is 5.88. The molecule has 0 saturated heterocycles. The Bertz CT molecular complexity index is 1010. The molecule has 1 aromatic heterocycles. The van der Waals surface area contributed by atoms with E-state index in [1.54, 1.807) is 6.20 Å². The summed E-state index contributed by atoms with van der Waals surface area (Å²) >= 11 is 6.40. The molecular weight excluding hydrogens is 396 g/mol. The molecule has 30 heavy (non-hydrogen) atoms. The molecule has 0 aliphatic rings. The van der Waals surface area contributed by atoms with Crippen LogP contribution in [0.4, 0.5) is 0 Å². The fourth-order valence-electron chi connectivity index (χ4n) is 3.57. The summed E-state index contributed by atoms with van der Waals surface area (Å²) in [7, 11) is 0. The van der Waals surface area contributed by atoms with Gasteiger partial charge in [0.25, 0.3) is 0 Å². The zero-order valence-corrected chi connectivity index (χ0v) is 18.0. The van der Waals surface area contributed by atoms with Crippen LogP contribution in [0.25, 0.3) is 5.57 Å².